The van der Waals surface area contributed by atoms with Gasteiger partial charge in [0.25, 0.3) is 0 Å². The number of amides is 1. The van der Waals surface area contributed by atoms with E-state index in [1.54, 1.807) is 0 Å². The van der Waals surface area contributed by atoms with Crippen LogP contribution in [0.15, 0.2) is 4.99 Å². The van der Waals surface area contributed by atoms with E-state index < -0.39 is 5.60 Å². The maximum absolute atomic E-state index is 11.7. The number of guanidine groups is 1. The molecule has 0 saturated carbocycles. The Balaban J connectivity index is 0.00000841. The van der Waals surface area contributed by atoms with Crippen LogP contribution in [0.2, 0.25) is 0 Å². The van der Waals surface area contributed by atoms with Crippen molar-refractivity contribution < 1.29 is 9.53 Å². The zero-order valence-corrected chi connectivity index (χ0v) is 22.4. The van der Waals surface area contributed by atoms with Crippen LogP contribution < -0.4 is 16.0 Å². The fourth-order valence-electron chi connectivity index (χ4n) is 3.23. The molecule has 1 amide bonds. The van der Waals surface area contributed by atoms with Gasteiger partial charge in [-0.1, -0.05) is 13.8 Å². The van der Waals surface area contributed by atoms with Crippen LogP contribution in [0.5, 0.6) is 0 Å². The van der Waals surface area contributed by atoms with Gasteiger partial charge < -0.3 is 25.6 Å². The summed E-state index contributed by atoms with van der Waals surface area (Å²) in [6.07, 6.45) is 0.431. The molecule has 1 unspecified atom stereocenters. The van der Waals surface area contributed by atoms with Crippen LogP contribution in [-0.4, -0.2) is 92.9 Å². The molecule has 0 spiro atoms. The molecule has 1 saturated heterocycles. The van der Waals surface area contributed by atoms with Crippen molar-refractivity contribution in [3.63, 3.8) is 0 Å². The fourth-order valence-corrected chi connectivity index (χ4v) is 3.23. The Morgan fingerprint density at radius 2 is 1.67 bits per heavy atom. The number of piperazine rings is 1. The Hall–Kier alpha value is -0.810. The van der Waals surface area contributed by atoms with Crippen molar-refractivity contribution in [1.82, 2.24) is 25.8 Å². The molecule has 0 aliphatic carbocycles. The number of rotatable bonds is 9. The first-order valence-electron chi connectivity index (χ1n) is 11.0. The third-order valence-electron chi connectivity index (χ3n) is 4.87. The monoisotopic (exact) mass is 540 g/mol. The van der Waals surface area contributed by atoms with Crippen molar-refractivity contribution in [3.05, 3.63) is 0 Å². The van der Waals surface area contributed by atoms with Crippen LogP contribution >= 0.6 is 24.0 Å². The zero-order chi connectivity index (χ0) is 21.9. The van der Waals surface area contributed by atoms with Crippen LogP contribution in [0.4, 0.5) is 4.79 Å². The van der Waals surface area contributed by atoms with Crippen molar-refractivity contribution in [3.8, 4) is 0 Å². The van der Waals surface area contributed by atoms with Gasteiger partial charge in [0.05, 0.1) is 6.54 Å². The highest BCUT2D eigenvalue weighted by Gasteiger charge is 2.24. The minimum atomic E-state index is -0.468. The second kappa shape index (κ2) is 15.1. The van der Waals surface area contributed by atoms with Crippen molar-refractivity contribution in [1.29, 1.82) is 0 Å². The number of hydrogen-bond acceptors (Lipinski definition) is 5. The van der Waals surface area contributed by atoms with E-state index in [0.717, 1.165) is 58.2 Å². The first-order valence-corrected chi connectivity index (χ1v) is 11.0. The first kappa shape index (κ1) is 29.2. The Bertz CT molecular complexity index is 502. The van der Waals surface area contributed by atoms with E-state index >= 15 is 0 Å². The van der Waals surface area contributed by atoms with Gasteiger partial charge in [0.15, 0.2) is 5.96 Å². The van der Waals surface area contributed by atoms with Crippen LogP contribution in [-0.2, 0) is 4.74 Å². The summed E-state index contributed by atoms with van der Waals surface area (Å²) >= 11 is 0. The van der Waals surface area contributed by atoms with E-state index in [9.17, 15) is 4.79 Å². The van der Waals surface area contributed by atoms with Crippen LogP contribution in [0.3, 0.4) is 0 Å². The largest absolute Gasteiger partial charge is 0.444 e. The Morgan fingerprint density at radius 1 is 1.07 bits per heavy atom. The van der Waals surface area contributed by atoms with Gasteiger partial charge in [0.2, 0.25) is 0 Å². The second-order valence-corrected chi connectivity index (χ2v) is 9.08. The molecule has 1 rings (SSSR count). The van der Waals surface area contributed by atoms with Gasteiger partial charge in [-0.25, -0.2) is 4.79 Å². The highest BCUT2D eigenvalue weighted by atomic mass is 127. The second-order valence-electron chi connectivity index (χ2n) is 9.08. The molecule has 0 bridgehead atoms. The van der Waals surface area contributed by atoms with Gasteiger partial charge in [0.1, 0.15) is 5.60 Å². The number of nitrogens with one attached hydrogen (secondary N) is 3. The minimum absolute atomic E-state index is 0. The SMILES string of the molecule is CCNC(=NCC(C(C)C)N1CCN(C)CC1)NCCCNC(=O)OC(C)(C)C.I. The molecule has 178 valence electrons. The molecule has 1 atom stereocenters. The van der Waals surface area contributed by atoms with Gasteiger partial charge in [-0.05, 0) is 47.1 Å². The number of likely N-dealkylation sites (N-methyl/N-ethyl adjacent to an activating group) is 1. The lowest BCUT2D eigenvalue weighted by Crippen LogP contribution is -2.52. The molecule has 8 nitrogen and oxygen atoms in total. The maximum Gasteiger partial charge on any atom is 0.407 e. The van der Waals surface area contributed by atoms with Gasteiger partial charge in [-0.15, -0.1) is 24.0 Å². The summed E-state index contributed by atoms with van der Waals surface area (Å²) in [5.74, 6) is 1.40. The average Bonchev–Trinajstić information content (AvgIpc) is 2.61. The molecule has 1 aliphatic heterocycles. The molecule has 1 aliphatic rings. The quantitative estimate of drug-likeness (QED) is 0.180. The van der Waals surface area contributed by atoms with Crippen molar-refractivity contribution in [2.45, 2.75) is 59.6 Å². The summed E-state index contributed by atoms with van der Waals surface area (Å²) < 4.78 is 5.24. The van der Waals surface area contributed by atoms with E-state index in [1.807, 2.05) is 20.8 Å². The molecule has 1 fully saturated rings. The third kappa shape index (κ3) is 12.8. The molecule has 0 aromatic rings. The van der Waals surface area contributed by atoms with Gasteiger partial charge in [-0.3, -0.25) is 9.89 Å². The van der Waals surface area contributed by atoms with Crippen LogP contribution in [0.25, 0.3) is 0 Å². The first-order chi connectivity index (χ1) is 13.6. The van der Waals surface area contributed by atoms with E-state index in [2.05, 4.69) is 53.6 Å². The molecule has 0 radical (unpaired) electrons. The van der Waals surface area contributed by atoms with E-state index in [0.29, 0.717) is 18.5 Å². The predicted octanol–water partition coefficient (Wildman–Crippen LogP) is 2.35. The lowest BCUT2D eigenvalue weighted by atomic mass is 10.0. The summed E-state index contributed by atoms with van der Waals surface area (Å²) in [5.41, 5.74) is -0.468. The Kier molecular flexibility index (Phi) is 14.7. The summed E-state index contributed by atoms with van der Waals surface area (Å²) in [4.78, 5) is 21.5. The highest BCUT2D eigenvalue weighted by molar-refractivity contribution is 14.0. The number of carbonyl (C=O) groups excluding carboxylic acids is 1. The number of nitrogens with zero attached hydrogens (tertiary/aromatic N) is 3. The molecular formula is C21H45IN6O2. The molecular weight excluding hydrogens is 495 g/mol. The van der Waals surface area contributed by atoms with Crippen molar-refractivity contribution in [2.24, 2.45) is 10.9 Å². The number of alkyl carbamates (subject to hydrolysis) is 1. The van der Waals surface area contributed by atoms with E-state index in [-0.39, 0.29) is 30.1 Å². The third-order valence-corrected chi connectivity index (χ3v) is 4.87. The molecule has 30 heavy (non-hydrogen) atoms. The fraction of sp³-hybridized carbons (Fsp3) is 0.905. The van der Waals surface area contributed by atoms with Crippen LogP contribution in [0, 0.1) is 5.92 Å². The minimum Gasteiger partial charge on any atom is -0.444 e. The number of aliphatic imine (C=N–C) groups is 1. The number of carbonyl (C=O) groups is 1. The molecule has 1 heterocycles. The number of halogens is 1. The molecule has 0 aromatic heterocycles. The van der Waals surface area contributed by atoms with E-state index in [4.69, 9.17) is 9.73 Å². The normalized spacial score (nSPS) is 17.3. The molecule has 9 heteroatoms. The Morgan fingerprint density at radius 3 is 2.20 bits per heavy atom. The predicted molar refractivity (Wildman–Crippen MR) is 136 cm³/mol. The topological polar surface area (TPSA) is 81.2 Å². The summed E-state index contributed by atoms with van der Waals surface area (Å²) in [6, 6.07) is 0.452. The number of ether oxygens (including phenoxy) is 1. The molecule has 3 N–H and O–H groups in total. The summed E-state index contributed by atoms with van der Waals surface area (Å²) in [6.45, 7) is 19.6. The summed E-state index contributed by atoms with van der Waals surface area (Å²) in [7, 11) is 2.19. The van der Waals surface area contributed by atoms with Gasteiger partial charge in [-0.2, -0.15) is 0 Å². The number of hydrogen-bond donors (Lipinski definition) is 3. The van der Waals surface area contributed by atoms with Gasteiger partial charge in [0, 0.05) is 51.9 Å². The molecule has 0 aromatic carbocycles. The standard InChI is InChI=1S/C21H44N6O2.HI/c1-8-22-19(23-10-9-11-24-20(28)29-21(4,5)6)25-16-18(17(2)3)27-14-12-26(7)13-15-27;/h17-18H,8-16H2,1-7H3,(H,24,28)(H2,22,23,25);1H. The van der Waals surface area contributed by atoms with Crippen LogP contribution in [0.1, 0.15) is 48.0 Å². The average molecular weight is 541 g/mol. The zero-order valence-electron chi connectivity index (χ0n) is 20.1. The van der Waals surface area contributed by atoms with E-state index in [1.165, 1.54) is 0 Å². The summed E-state index contributed by atoms with van der Waals surface area (Å²) in [5, 5.41) is 9.47. The van der Waals surface area contributed by atoms with Gasteiger partial charge >= 0.3 is 6.09 Å². The lowest BCUT2D eigenvalue weighted by molar-refractivity contribution is 0.0527. The smallest absolute Gasteiger partial charge is 0.407 e. The van der Waals surface area contributed by atoms with Crippen molar-refractivity contribution >= 4 is 36.0 Å². The Labute approximate surface area is 201 Å². The lowest BCUT2D eigenvalue weighted by Gasteiger charge is -2.39. The maximum atomic E-state index is 11.7. The van der Waals surface area contributed by atoms with Crippen molar-refractivity contribution in [2.75, 3.05) is 59.4 Å². The highest BCUT2D eigenvalue weighted by Crippen LogP contribution is 2.14.